The fourth-order valence-corrected chi connectivity index (χ4v) is 2.43. The monoisotopic (exact) mass is 326 g/mol. The van der Waals surface area contributed by atoms with Gasteiger partial charge in [0.2, 0.25) is 5.88 Å². The van der Waals surface area contributed by atoms with Crippen LogP contribution in [0.3, 0.4) is 0 Å². The maximum Gasteiger partial charge on any atom is 0.502 e. The molecule has 0 radical (unpaired) electrons. The van der Waals surface area contributed by atoms with Gasteiger partial charge >= 0.3 is 7.12 Å². The van der Waals surface area contributed by atoms with Crippen LogP contribution >= 0.6 is 0 Å². The average Bonchev–Trinajstić information content (AvgIpc) is 2.74. The third-order valence-corrected chi connectivity index (χ3v) is 4.63. The molecular weight excluding hydrogens is 303 g/mol. The van der Waals surface area contributed by atoms with E-state index in [4.69, 9.17) is 14.0 Å². The lowest BCUT2D eigenvalue weighted by Gasteiger charge is -2.32. The number of benzene rings is 1. The second kappa shape index (κ2) is 6.18. The van der Waals surface area contributed by atoms with Crippen LogP contribution in [0.2, 0.25) is 0 Å². The molecule has 2 aromatic rings. The third kappa shape index (κ3) is 3.30. The predicted octanol–water partition coefficient (Wildman–Crippen LogP) is 2.66. The quantitative estimate of drug-likeness (QED) is 0.809. The van der Waals surface area contributed by atoms with Gasteiger partial charge in [-0.15, -0.1) is 0 Å². The Hall–Kier alpha value is -1.92. The highest BCUT2D eigenvalue weighted by Crippen LogP contribution is 2.37. The molecule has 0 atom stereocenters. The molecule has 6 heteroatoms. The van der Waals surface area contributed by atoms with E-state index in [0.717, 1.165) is 11.0 Å². The minimum atomic E-state index is -0.540. The Morgan fingerprint density at radius 1 is 1.04 bits per heavy atom. The van der Waals surface area contributed by atoms with Crippen molar-refractivity contribution in [1.82, 2.24) is 9.97 Å². The number of hydrogen-bond donors (Lipinski definition) is 0. The van der Waals surface area contributed by atoms with E-state index in [2.05, 4.69) is 9.97 Å². The summed E-state index contributed by atoms with van der Waals surface area (Å²) in [5, 5.41) is 0. The van der Waals surface area contributed by atoms with Gasteiger partial charge in [-0.3, -0.25) is 0 Å². The van der Waals surface area contributed by atoms with E-state index in [-0.39, 0.29) is 0 Å². The third-order valence-electron chi connectivity index (χ3n) is 4.63. The smallest absolute Gasteiger partial charge is 0.473 e. The Morgan fingerprint density at radius 2 is 1.67 bits per heavy atom. The molecule has 1 saturated heterocycles. The Labute approximate surface area is 143 Å². The first-order chi connectivity index (χ1) is 11.3. The molecule has 0 spiro atoms. The second-order valence-electron chi connectivity index (χ2n) is 7.04. The van der Waals surface area contributed by atoms with Crippen LogP contribution < -0.4 is 10.2 Å². The summed E-state index contributed by atoms with van der Waals surface area (Å²) in [6.07, 6.45) is 1.73. The molecule has 0 unspecified atom stereocenters. The number of aryl methyl sites for hydroxylation is 1. The average molecular weight is 326 g/mol. The van der Waals surface area contributed by atoms with Crippen molar-refractivity contribution in [2.45, 2.75) is 52.4 Å². The Bertz CT molecular complexity index is 703. The molecular formula is C18H23BN2O3. The van der Waals surface area contributed by atoms with Crippen molar-refractivity contribution in [3.05, 3.63) is 47.9 Å². The summed E-state index contributed by atoms with van der Waals surface area (Å²) in [5.41, 5.74) is 0.960. The highest BCUT2D eigenvalue weighted by molar-refractivity contribution is 6.62. The number of ether oxygens (including phenoxy) is 1. The van der Waals surface area contributed by atoms with Gasteiger partial charge in [-0.2, -0.15) is 4.98 Å². The van der Waals surface area contributed by atoms with Gasteiger partial charge in [0.25, 0.3) is 0 Å². The molecule has 0 aliphatic carbocycles. The fourth-order valence-electron chi connectivity index (χ4n) is 2.43. The minimum Gasteiger partial charge on any atom is -0.473 e. The summed E-state index contributed by atoms with van der Waals surface area (Å²) in [5.74, 6) is 1.16. The van der Waals surface area contributed by atoms with Gasteiger partial charge in [-0.25, -0.2) is 4.98 Å². The van der Waals surface area contributed by atoms with E-state index < -0.39 is 18.3 Å². The lowest BCUT2D eigenvalue weighted by Crippen LogP contribution is -2.41. The van der Waals surface area contributed by atoms with Crippen molar-refractivity contribution >= 4 is 12.6 Å². The zero-order chi connectivity index (χ0) is 17.4. The maximum atomic E-state index is 6.10. The fraction of sp³-hybridized carbons (Fsp3) is 0.444. The first-order valence-corrected chi connectivity index (χ1v) is 8.14. The lowest BCUT2D eigenvalue weighted by atomic mass is 9.80. The highest BCUT2D eigenvalue weighted by atomic mass is 16.7. The standard InChI is InChI=1S/C18H23BN2O3/c1-13-20-11-15(19-23-17(2,3)18(4,5)24-19)16(21-13)22-12-14-9-7-6-8-10-14/h6-11H,12H2,1-5H3. The molecule has 0 amide bonds. The van der Waals surface area contributed by atoms with Crippen LogP contribution in [0.1, 0.15) is 39.1 Å². The molecule has 0 saturated carbocycles. The number of nitrogens with zero attached hydrogens (tertiary/aromatic N) is 2. The van der Waals surface area contributed by atoms with Crippen molar-refractivity contribution in [3.63, 3.8) is 0 Å². The van der Waals surface area contributed by atoms with Crippen LogP contribution in [0, 0.1) is 6.92 Å². The number of hydrogen-bond acceptors (Lipinski definition) is 5. The molecule has 0 N–H and O–H groups in total. The summed E-state index contributed by atoms with van der Waals surface area (Å²) >= 11 is 0. The van der Waals surface area contributed by atoms with Gasteiger partial charge in [-0.1, -0.05) is 30.3 Å². The summed E-state index contributed by atoms with van der Waals surface area (Å²) < 4.78 is 18.1. The van der Waals surface area contributed by atoms with Gasteiger partial charge in [0.15, 0.2) is 0 Å². The molecule has 1 aliphatic rings. The van der Waals surface area contributed by atoms with E-state index in [1.165, 1.54) is 0 Å². The van der Waals surface area contributed by atoms with Crippen molar-refractivity contribution in [1.29, 1.82) is 0 Å². The van der Waals surface area contributed by atoms with Gasteiger partial charge in [0.05, 0.1) is 16.7 Å². The Balaban J connectivity index is 1.84. The molecule has 1 aromatic carbocycles. The van der Waals surface area contributed by atoms with Crippen molar-refractivity contribution in [2.24, 2.45) is 0 Å². The molecule has 2 heterocycles. The van der Waals surface area contributed by atoms with Crippen LogP contribution in [-0.4, -0.2) is 28.3 Å². The minimum absolute atomic E-state index is 0.417. The molecule has 1 fully saturated rings. The highest BCUT2D eigenvalue weighted by Gasteiger charge is 2.52. The molecule has 1 aromatic heterocycles. The van der Waals surface area contributed by atoms with Crippen molar-refractivity contribution in [3.8, 4) is 5.88 Å². The van der Waals surface area contributed by atoms with Crippen molar-refractivity contribution < 1.29 is 14.0 Å². The van der Waals surface area contributed by atoms with Gasteiger partial charge in [0, 0.05) is 6.20 Å². The first kappa shape index (κ1) is 16.9. The summed E-state index contributed by atoms with van der Waals surface area (Å²) in [6, 6.07) is 9.98. The normalized spacial score (nSPS) is 18.6. The predicted molar refractivity (Wildman–Crippen MR) is 93.3 cm³/mol. The molecule has 3 rings (SSSR count). The lowest BCUT2D eigenvalue weighted by molar-refractivity contribution is 0.00578. The van der Waals surface area contributed by atoms with Crippen LogP contribution in [0.5, 0.6) is 5.88 Å². The molecule has 126 valence electrons. The number of aromatic nitrogens is 2. The molecule has 1 aliphatic heterocycles. The van der Waals surface area contributed by atoms with Crippen LogP contribution in [0.25, 0.3) is 0 Å². The van der Waals surface area contributed by atoms with Gasteiger partial charge < -0.3 is 14.0 Å². The van der Waals surface area contributed by atoms with Gasteiger partial charge in [-0.05, 0) is 40.2 Å². The Morgan fingerprint density at radius 3 is 2.29 bits per heavy atom. The molecule has 0 bridgehead atoms. The number of rotatable bonds is 4. The molecule has 24 heavy (non-hydrogen) atoms. The van der Waals surface area contributed by atoms with Crippen LogP contribution in [0.4, 0.5) is 0 Å². The van der Waals surface area contributed by atoms with Crippen LogP contribution in [-0.2, 0) is 15.9 Å². The zero-order valence-electron chi connectivity index (χ0n) is 14.9. The van der Waals surface area contributed by atoms with E-state index in [9.17, 15) is 0 Å². The van der Waals surface area contributed by atoms with E-state index >= 15 is 0 Å². The molecule has 5 nitrogen and oxygen atoms in total. The van der Waals surface area contributed by atoms with E-state index in [0.29, 0.717) is 18.3 Å². The first-order valence-electron chi connectivity index (χ1n) is 8.14. The largest absolute Gasteiger partial charge is 0.502 e. The Kier molecular flexibility index (Phi) is 4.36. The second-order valence-corrected chi connectivity index (χ2v) is 7.04. The van der Waals surface area contributed by atoms with Crippen molar-refractivity contribution in [2.75, 3.05) is 0 Å². The van der Waals surface area contributed by atoms with E-state index in [1.54, 1.807) is 6.20 Å². The summed E-state index contributed by atoms with van der Waals surface area (Å²) in [7, 11) is -0.540. The maximum absolute atomic E-state index is 6.10. The topological polar surface area (TPSA) is 53.5 Å². The zero-order valence-corrected chi connectivity index (χ0v) is 14.9. The van der Waals surface area contributed by atoms with Crippen LogP contribution in [0.15, 0.2) is 36.5 Å². The summed E-state index contributed by atoms with van der Waals surface area (Å²) in [4.78, 5) is 8.72. The summed E-state index contributed by atoms with van der Waals surface area (Å²) in [6.45, 7) is 10.4. The van der Waals surface area contributed by atoms with E-state index in [1.807, 2.05) is 65.0 Å². The van der Waals surface area contributed by atoms with Gasteiger partial charge in [0.1, 0.15) is 12.4 Å². The SMILES string of the molecule is Cc1ncc(B2OC(C)(C)C(C)(C)O2)c(OCc2ccccc2)n1.